The van der Waals surface area contributed by atoms with E-state index < -0.39 is 0 Å². The van der Waals surface area contributed by atoms with Crippen molar-refractivity contribution in [1.82, 2.24) is 15.5 Å². The zero-order valence-corrected chi connectivity index (χ0v) is 18.0. The number of rotatable bonds is 7. The highest BCUT2D eigenvalue weighted by atomic mass is 16.3. The summed E-state index contributed by atoms with van der Waals surface area (Å²) in [6, 6.07) is 11.6. The molecule has 0 saturated heterocycles. The number of aliphatic imine (C=N–C) groups is 1. The maximum absolute atomic E-state index is 12.1. The summed E-state index contributed by atoms with van der Waals surface area (Å²) >= 11 is 0. The smallest absolute Gasteiger partial charge is 0.253 e. The lowest BCUT2D eigenvalue weighted by molar-refractivity contribution is 0.0827. The van der Waals surface area contributed by atoms with E-state index in [0.29, 0.717) is 24.4 Å². The van der Waals surface area contributed by atoms with Gasteiger partial charge in [0.15, 0.2) is 5.96 Å². The minimum atomic E-state index is 0.00851. The van der Waals surface area contributed by atoms with Crippen LogP contribution in [0, 0.1) is 13.8 Å². The molecule has 0 aliphatic carbocycles. The summed E-state index contributed by atoms with van der Waals surface area (Å²) in [5, 5.41) is 16.5. The van der Waals surface area contributed by atoms with E-state index in [0.717, 1.165) is 41.2 Å². The average molecular weight is 397 g/mol. The molecular formula is C23H32N4O2. The van der Waals surface area contributed by atoms with Crippen LogP contribution < -0.4 is 10.6 Å². The van der Waals surface area contributed by atoms with E-state index in [1.807, 2.05) is 57.2 Å². The van der Waals surface area contributed by atoms with Crippen molar-refractivity contribution < 1.29 is 9.90 Å². The van der Waals surface area contributed by atoms with E-state index in [1.54, 1.807) is 19.0 Å². The third kappa shape index (κ3) is 6.52. The number of aromatic hydroxyl groups is 1. The highest BCUT2D eigenvalue weighted by molar-refractivity contribution is 5.94. The van der Waals surface area contributed by atoms with E-state index in [9.17, 15) is 9.90 Å². The molecule has 29 heavy (non-hydrogen) atoms. The molecular weight excluding hydrogens is 364 g/mol. The number of benzene rings is 2. The van der Waals surface area contributed by atoms with Crippen LogP contribution in [0.1, 0.15) is 39.5 Å². The maximum atomic E-state index is 12.1. The number of carbonyl (C=O) groups is 1. The molecule has 0 spiro atoms. The van der Waals surface area contributed by atoms with Crippen molar-refractivity contribution in [2.75, 3.05) is 27.2 Å². The first-order valence-electron chi connectivity index (χ1n) is 9.93. The molecule has 0 aliphatic heterocycles. The molecule has 1 amide bonds. The van der Waals surface area contributed by atoms with Gasteiger partial charge in [0.05, 0.1) is 6.54 Å². The minimum Gasteiger partial charge on any atom is -0.507 e. The molecule has 0 aliphatic rings. The molecule has 6 nitrogen and oxygen atoms in total. The highest BCUT2D eigenvalue weighted by Gasteiger charge is 2.08. The van der Waals surface area contributed by atoms with Crippen LogP contribution in [0.25, 0.3) is 0 Å². The first kappa shape index (κ1) is 22.3. The molecule has 0 fully saturated rings. The number of phenolic OH excluding ortho intramolecular Hbond substituents is 1. The molecule has 2 aromatic rings. The Kier molecular flexibility index (Phi) is 8.07. The van der Waals surface area contributed by atoms with E-state index in [-0.39, 0.29) is 5.91 Å². The Labute approximate surface area is 173 Å². The molecule has 156 valence electrons. The van der Waals surface area contributed by atoms with E-state index in [2.05, 4.69) is 15.6 Å². The van der Waals surface area contributed by atoms with Crippen molar-refractivity contribution >= 4 is 11.9 Å². The Hall–Kier alpha value is -3.02. The second-order valence-electron chi connectivity index (χ2n) is 7.35. The van der Waals surface area contributed by atoms with Crippen molar-refractivity contribution in [2.24, 2.45) is 4.99 Å². The molecule has 0 heterocycles. The topological polar surface area (TPSA) is 77.0 Å². The number of amides is 1. The van der Waals surface area contributed by atoms with Crippen molar-refractivity contribution in [3.8, 4) is 5.75 Å². The summed E-state index contributed by atoms with van der Waals surface area (Å²) in [6.45, 7) is 7.83. The summed E-state index contributed by atoms with van der Waals surface area (Å²) in [5.74, 6) is 1.10. The molecule has 0 saturated carbocycles. The van der Waals surface area contributed by atoms with Gasteiger partial charge in [-0.3, -0.25) is 4.79 Å². The fourth-order valence-corrected chi connectivity index (χ4v) is 3.09. The van der Waals surface area contributed by atoms with Crippen molar-refractivity contribution in [3.63, 3.8) is 0 Å². The third-order valence-corrected chi connectivity index (χ3v) is 4.60. The molecule has 0 bridgehead atoms. The molecule has 0 aromatic heterocycles. The zero-order valence-electron chi connectivity index (χ0n) is 18.0. The minimum absolute atomic E-state index is 0.00851. The Morgan fingerprint density at radius 1 is 1.07 bits per heavy atom. The molecule has 0 unspecified atom stereocenters. The van der Waals surface area contributed by atoms with Gasteiger partial charge in [0.25, 0.3) is 5.91 Å². The van der Waals surface area contributed by atoms with Crippen LogP contribution in [0.5, 0.6) is 5.75 Å². The van der Waals surface area contributed by atoms with Crippen LogP contribution in [-0.2, 0) is 13.0 Å². The Morgan fingerprint density at radius 3 is 2.38 bits per heavy atom. The van der Waals surface area contributed by atoms with Crippen LogP contribution in [0.4, 0.5) is 0 Å². The van der Waals surface area contributed by atoms with Gasteiger partial charge in [0.2, 0.25) is 0 Å². The van der Waals surface area contributed by atoms with Gasteiger partial charge >= 0.3 is 0 Å². The third-order valence-electron chi connectivity index (χ3n) is 4.60. The number of nitrogens with zero attached hydrogens (tertiary/aromatic N) is 2. The predicted molar refractivity (Wildman–Crippen MR) is 119 cm³/mol. The average Bonchev–Trinajstić information content (AvgIpc) is 2.69. The second kappa shape index (κ2) is 10.5. The first-order chi connectivity index (χ1) is 13.8. The summed E-state index contributed by atoms with van der Waals surface area (Å²) in [6.07, 6.45) is 0.788. The van der Waals surface area contributed by atoms with Gasteiger partial charge in [-0.15, -0.1) is 0 Å². The number of guanidine groups is 1. The number of phenols is 1. The summed E-state index contributed by atoms with van der Waals surface area (Å²) < 4.78 is 0. The number of hydrogen-bond donors (Lipinski definition) is 3. The summed E-state index contributed by atoms with van der Waals surface area (Å²) in [4.78, 5) is 18.3. The van der Waals surface area contributed by atoms with Crippen LogP contribution in [0.2, 0.25) is 0 Å². The van der Waals surface area contributed by atoms with Gasteiger partial charge < -0.3 is 20.6 Å². The van der Waals surface area contributed by atoms with Crippen LogP contribution in [0.3, 0.4) is 0 Å². The van der Waals surface area contributed by atoms with Gasteiger partial charge in [0.1, 0.15) is 5.75 Å². The monoisotopic (exact) mass is 396 g/mol. The van der Waals surface area contributed by atoms with Gasteiger partial charge in [-0.05, 0) is 61.6 Å². The number of hydrogen-bond acceptors (Lipinski definition) is 3. The van der Waals surface area contributed by atoms with E-state index in [1.165, 1.54) is 0 Å². The standard InChI is InChI=1S/C23H32N4O2/c1-6-24-23(26-15-19-12-16(2)21(28)17(3)13-19)25-11-10-18-8-7-9-20(14-18)22(29)27(4)5/h7-9,12-14,28H,6,10-11,15H2,1-5H3,(H2,24,25,26). The molecule has 0 radical (unpaired) electrons. The van der Waals surface area contributed by atoms with Crippen LogP contribution >= 0.6 is 0 Å². The lowest BCUT2D eigenvalue weighted by Gasteiger charge is -2.13. The van der Waals surface area contributed by atoms with Crippen LogP contribution in [-0.4, -0.2) is 49.1 Å². The second-order valence-corrected chi connectivity index (χ2v) is 7.35. The van der Waals surface area contributed by atoms with Crippen molar-refractivity contribution in [3.05, 3.63) is 64.2 Å². The molecule has 0 atom stereocenters. The maximum Gasteiger partial charge on any atom is 0.253 e. The fourth-order valence-electron chi connectivity index (χ4n) is 3.09. The Bertz CT molecular complexity index is 852. The van der Waals surface area contributed by atoms with Crippen LogP contribution in [0.15, 0.2) is 41.4 Å². The lowest BCUT2D eigenvalue weighted by Crippen LogP contribution is -2.38. The summed E-state index contributed by atoms with van der Waals surface area (Å²) in [5.41, 5.74) is 4.59. The van der Waals surface area contributed by atoms with E-state index in [4.69, 9.17) is 0 Å². The van der Waals surface area contributed by atoms with Crippen molar-refractivity contribution in [2.45, 2.75) is 33.7 Å². The first-order valence-corrected chi connectivity index (χ1v) is 9.93. The largest absolute Gasteiger partial charge is 0.507 e. The predicted octanol–water partition coefficient (Wildman–Crippen LogP) is 3.01. The zero-order chi connectivity index (χ0) is 21.4. The lowest BCUT2D eigenvalue weighted by atomic mass is 10.1. The fraction of sp³-hybridized carbons (Fsp3) is 0.391. The highest BCUT2D eigenvalue weighted by Crippen LogP contribution is 2.23. The Morgan fingerprint density at radius 2 is 1.76 bits per heavy atom. The Balaban J connectivity index is 1.98. The van der Waals surface area contributed by atoms with Gasteiger partial charge in [-0.2, -0.15) is 0 Å². The normalized spacial score (nSPS) is 11.3. The van der Waals surface area contributed by atoms with Gasteiger partial charge in [-0.1, -0.05) is 24.3 Å². The molecule has 2 aromatic carbocycles. The van der Waals surface area contributed by atoms with Gasteiger partial charge in [0, 0.05) is 32.7 Å². The summed E-state index contributed by atoms with van der Waals surface area (Å²) in [7, 11) is 3.51. The quantitative estimate of drug-likeness (QED) is 0.497. The number of nitrogens with one attached hydrogen (secondary N) is 2. The van der Waals surface area contributed by atoms with Gasteiger partial charge in [-0.25, -0.2) is 4.99 Å². The number of carbonyl (C=O) groups excluding carboxylic acids is 1. The SMILES string of the molecule is CCNC(=NCc1cc(C)c(O)c(C)c1)NCCc1cccc(C(=O)N(C)C)c1. The molecule has 6 heteroatoms. The van der Waals surface area contributed by atoms with E-state index >= 15 is 0 Å². The molecule has 2 rings (SSSR count). The molecule has 3 N–H and O–H groups in total. The van der Waals surface area contributed by atoms with Crippen molar-refractivity contribution in [1.29, 1.82) is 0 Å². The number of aryl methyl sites for hydroxylation is 2.